The SMILES string of the molecule is Cc1ccc(-n2nc(C)c(NC(=O)CSc3nnc(C)n3Cc3ccccc3)c2C)cc1. The number of aromatic nitrogens is 5. The van der Waals surface area contributed by atoms with Crippen LogP contribution in [0.25, 0.3) is 5.69 Å². The number of nitrogens with one attached hydrogen (secondary N) is 1. The topological polar surface area (TPSA) is 77.6 Å². The number of aryl methyl sites for hydroxylation is 3. The minimum atomic E-state index is -0.100. The number of amides is 1. The third kappa shape index (κ3) is 4.75. The van der Waals surface area contributed by atoms with Gasteiger partial charge in [0.05, 0.1) is 35.1 Å². The van der Waals surface area contributed by atoms with Crippen molar-refractivity contribution in [2.75, 3.05) is 11.1 Å². The summed E-state index contributed by atoms with van der Waals surface area (Å²) in [5.74, 6) is 0.959. The van der Waals surface area contributed by atoms with Crippen LogP contribution in [-0.2, 0) is 11.3 Å². The molecule has 2 aromatic carbocycles. The van der Waals surface area contributed by atoms with Gasteiger partial charge < -0.3 is 9.88 Å². The van der Waals surface area contributed by atoms with Gasteiger partial charge in [-0.25, -0.2) is 4.68 Å². The minimum Gasteiger partial charge on any atom is -0.322 e. The number of thioether (sulfide) groups is 1. The highest BCUT2D eigenvalue weighted by Gasteiger charge is 2.17. The van der Waals surface area contributed by atoms with Crippen molar-refractivity contribution in [2.45, 2.75) is 39.4 Å². The van der Waals surface area contributed by atoms with Gasteiger partial charge in [-0.05, 0) is 45.4 Å². The Hall–Kier alpha value is -3.39. The minimum absolute atomic E-state index is 0.100. The molecule has 1 amide bonds. The van der Waals surface area contributed by atoms with Crippen molar-refractivity contribution in [1.29, 1.82) is 0 Å². The Labute approximate surface area is 191 Å². The molecule has 1 N–H and O–H groups in total. The van der Waals surface area contributed by atoms with Gasteiger partial charge >= 0.3 is 0 Å². The van der Waals surface area contributed by atoms with Crippen LogP contribution in [0.15, 0.2) is 59.8 Å². The van der Waals surface area contributed by atoms with Gasteiger partial charge in [0.1, 0.15) is 5.82 Å². The van der Waals surface area contributed by atoms with E-state index in [0.29, 0.717) is 6.54 Å². The summed E-state index contributed by atoms with van der Waals surface area (Å²) in [6, 6.07) is 18.3. The first kappa shape index (κ1) is 21.8. The summed E-state index contributed by atoms with van der Waals surface area (Å²) >= 11 is 1.38. The Morgan fingerprint density at radius 3 is 2.41 bits per heavy atom. The molecule has 8 heteroatoms. The van der Waals surface area contributed by atoms with Crippen molar-refractivity contribution in [3.63, 3.8) is 0 Å². The quantitative estimate of drug-likeness (QED) is 0.424. The fourth-order valence-electron chi connectivity index (χ4n) is 3.48. The van der Waals surface area contributed by atoms with Crippen LogP contribution in [0.5, 0.6) is 0 Å². The Kier molecular flexibility index (Phi) is 6.41. The molecule has 0 saturated heterocycles. The zero-order valence-corrected chi connectivity index (χ0v) is 19.5. The molecule has 0 aliphatic rings. The van der Waals surface area contributed by atoms with E-state index >= 15 is 0 Å². The van der Waals surface area contributed by atoms with E-state index < -0.39 is 0 Å². The number of hydrogen-bond acceptors (Lipinski definition) is 5. The molecule has 4 aromatic rings. The van der Waals surface area contributed by atoms with Crippen LogP contribution >= 0.6 is 11.8 Å². The number of anilines is 1. The van der Waals surface area contributed by atoms with E-state index in [0.717, 1.165) is 39.3 Å². The first-order valence-corrected chi connectivity index (χ1v) is 11.4. The largest absolute Gasteiger partial charge is 0.322 e. The molecule has 0 aliphatic heterocycles. The maximum atomic E-state index is 12.7. The molecular weight excluding hydrogens is 420 g/mol. The van der Waals surface area contributed by atoms with Crippen LogP contribution in [0.4, 0.5) is 5.69 Å². The summed E-state index contributed by atoms with van der Waals surface area (Å²) in [6.45, 7) is 8.51. The van der Waals surface area contributed by atoms with Gasteiger partial charge in [-0.2, -0.15) is 5.10 Å². The number of nitrogens with zero attached hydrogens (tertiary/aromatic N) is 5. The van der Waals surface area contributed by atoms with Crippen molar-refractivity contribution in [2.24, 2.45) is 0 Å². The molecule has 32 heavy (non-hydrogen) atoms. The Morgan fingerprint density at radius 1 is 0.969 bits per heavy atom. The molecule has 164 valence electrons. The van der Waals surface area contributed by atoms with Crippen LogP contribution in [0, 0.1) is 27.7 Å². The highest BCUT2D eigenvalue weighted by Crippen LogP contribution is 2.24. The third-order valence-electron chi connectivity index (χ3n) is 5.25. The van der Waals surface area contributed by atoms with Crippen LogP contribution < -0.4 is 5.32 Å². The molecule has 0 radical (unpaired) electrons. The van der Waals surface area contributed by atoms with Gasteiger partial charge in [0.2, 0.25) is 5.91 Å². The lowest BCUT2D eigenvalue weighted by atomic mass is 10.2. The van der Waals surface area contributed by atoms with Crippen molar-refractivity contribution < 1.29 is 4.79 Å². The molecule has 0 atom stereocenters. The number of carbonyl (C=O) groups excluding carboxylic acids is 1. The van der Waals surface area contributed by atoms with Crippen LogP contribution in [0.1, 0.15) is 28.3 Å². The van der Waals surface area contributed by atoms with Crippen molar-refractivity contribution >= 4 is 23.4 Å². The lowest BCUT2D eigenvalue weighted by Gasteiger charge is -2.09. The smallest absolute Gasteiger partial charge is 0.234 e. The van der Waals surface area contributed by atoms with E-state index in [9.17, 15) is 4.79 Å². The van der Waals surface area contributed by atoms with Crippen molar-refractivity contribution in [1.82, 2.24) is 24.5 Å². The van der Waals surface area contributed by atoms with E-state index in [4.69, 9.17) is 0 Å². The standard InChI is InChI=1S/C24H26N6OS/c1-16-10-12-21(13-11-16)30-18(3)23(17(2)28-30)25-22(31)15-32-24-27-26-19(4)29(24)14-20-8-6-5-7-9-20/h5-13H,14-15H2,1-4H3,(H,25,31). The van der Waals surface area contributed by atoms with E-state index in [2.05, 4.69) is 39.7 Å². The second-order valence-electron chi connectivity index (χ2n) is 7.73. The molecule has 0 saturated carbocycles. The Morgan fingerprint density at radius 2 is 1.69 bits per heavy atom. The monoisotopic (exact) mass is 446 g/mol. The van der Waals surface area contributed by atoms with Crippen LogP contribution in [-0.4, -0.2) is 36.2 Å². The average Bonchev–Trinajstić information content (AvgIpc) is 3.27. The van der Waals surface area contributed by atoms with Gasteiger partial charge in [-0.15, -0.1) is 10.2 Å². The normalized spacial score (nSPS) is 11.0. The summed E-state index contributed by atoms with van der Waals surface area (Å²) in [7, 11) is 0. The summed E-state index contributed by atoms with van der Waals surface area (Å²) in [5, 5.41) is 16.8. The van der Waals surface area contributed by atoms with Crippen molar-refractivity contribution in [3.05, 3.63) is 82.9 Å². The first-order valence-electron chi connectivity index (χ1n) is 10.4. The molecule has 7 nitrogen and oxygen atoms in total. The summed E-state index contributed by atoms with van der Waals surface area (Å²) in [6.07, 6.45) is 0. The Bertz CT molecular complexity index is 1230. The predicted octanol–water partition coefficient (Wildman–Crippen LogP) is 4.48. The van der Waals surface area contributed by atoms with Gasteiger partial charge in [0.15, 0.2) is 5.16 Å². The Balaban J connectivity index is 1.44. The van der Waals surface area contributed by atoms with E-state index in [1.165, 1.54) is 17.3 Å². The summed E-state index contributed by atoms with van der Waals surface area (Å²) < 4.78 is 3.89. The molecule has 2 heterocycles. The zero-order valence-electron chi connectivity index (χ0n) is 18.7. The maximum Gasteiger partial charge on any atom is 0.234 e. The van der Waals surface area contributed by atoms with Crippen LogP contribution in [0.2, 0.25) is 0 Å². The fourth-order valence-corrected chi connectivity index (χ4v) is 4.27. The molecule has 2 aromatic heterocycles. The summed E-state index contributed by atoms with van der Waals surface area (Å²) in [5.41, 5.74) is 5.75. The molecule has 0 aliphatic carbocycles. The van der Waals surface area contributed by atoms with Crippen LogP contribution in [0.3, 0.4) is 0 Å². The van der Waals surface area contributed by atoms with E-state index in [-0.39, 0.29) is 11.7 Å². The van der Waals surface area contributed by atoms with Crippen molar-refractivity contribution in [3.8, 4) is 5.69 Å². The molecule has 0 spiro atoms. The highest BCUT2D eigenvalue weighted by molar-refractivity contribution is 7.99. The maximum absolute atomic E-state index is 12.7. The van der Waals surface area contributed by atoms with Gasteiger partial charge in [0, 0.05) is 0 Å². The number of benzene rings is 2. The highest BCUT2D eigenvalue weighted by atomic mass is 32.2. The predicted molar refractivity (Wildman–Crippen MR) is 127 cm³/mol. The fraction of sp³-hybridized carbons (Fsp3) is 0.250. The second kappa shape index (κ2) is 9.40. The van der Waals surface area contributed by atoms with Gasteiger partial charge in [-0.3, -0.25) is 4.79 Å². The molecule has 0 bridgehead atoms. The number of rotatable bonds is 7. The lowest BCUT2D eigenvalue weighted by Crippen LogP contribution is -2.16. The second-order valence-corrected chi connectivity index (χ2v) is 8.67. The molecule has 0 fully saturated rings. The third-order valence-corrected chi connectivity index (χ3v) is 6.22. The summed E-state index contributed by atoms with van der Waals surface area (Å²) in [4.78, 5) is 12.7. The number of carbonyl (C=O) groups is 1. The zero-order chi connectivity index (χ0) is 22.7. The van der Waals surface area contributed by atoms with Gasteiger partial charge in [-0.1, -0.05) is 59.8 Å². The molecule has 4 rings (SSSR count). The first-order chi connectivity index (χ1) is 15.4. The average molecular weight is 447 g/mol. The molecule has 0 unspecified atom stereocenters. The molecular formula is C24H26N6OS. The number of hydrogen-bond donors (Lipinski definition) is 1. The van der Waals surface area contributed by atoms with E-state index in [1.807, 2.05) is 72.5 Å². The lowest BCUT2D eigenvalue weighted by molar-refractivity contribution is -0.113. The van der Waals surface area contributed by atoms with Gasteiger partial charge in [0.25, 0.3) is 0 Å². The van der Waals surface area contributed by atoms with E-state index in [1.54, 1.807) is 0 Å².